The summed E-state index contributed by atoms with van der Waals surface area (Å²) in [6.07, 6.45) is 3.84. The Labute approximate surface area is 187 Å². The average Bonchev–Trinajstić information content (AvgIpc) is 3.36. The monoisotopic (exact) mass is 452 g/mol. The van der Waals surface area contributed by atoms with Crippen LogP contribution in [0.5, 0.6) is 0 Å². The molecule has 1 spiro atoms. The zero-order valence-electron chi connectivity index (χ0n) is 17.8. The average molecular weight is 453 g/mol. The molecule has 32 heavy (non-hydrogen) atoms. The molecule has 1 saturated carbocycles. The molecule has 2 aliphatic carbocycles. The van der Waals surface area contributed by atoms with Gasteiger partial charge in [-0.1, -0.05) is 12.1 Å². The summed E-state index contributed by atoms with van der Waals surface area (Å²) in [5, 5.41) is 4.71. The molecule has 1 saturated heterocycles. The van der Waals surface area contributed by atoms with E-state index in [9.17, 15) is 12.8 Å². The fourth-order valence-corrected chi connectivity index (χ4v) is 7.42. The molecular formula is C24H25FN4O2S. The van der Waals surface area contributed by atoms with E-state index in [0.717, 1.165) is 48.2 Å². The molecule has 2 aromatic carbocycles. The highest BCUT2D eigenvalue weighted by Gasteiger charge is 2.56. The first-order chi connectivity index (χ1) is 15.3. The minimum Gasteiger partial charge on any atom is -0.267 e. The number of halogens is 1. The molecule has 0 unspecified atom stereocenters. The van der Waals surface area contributed by atoms with Crippen molar-refractivity contribution in [3.05, 3.63) is 65.5 Å². The highest BCUT2D eigenvalue weighted by Crippen LogP contribution is 2.49. The molecule has 6 rings (SSSR count). The molecule has 0 radical (unpaired) electrons. The Morgan fingerprint density at radius 3 is 2.38 bits per heavy atom. The number of hydrogen-bond donors (Lipinski definition) is 2. The number of fused-ring (bicyclic) bond motifs is 1. The standard InChI is InChI=1S/C24H25FN4O2S/c1-29-23(15-4-8-21(25)9-5-15)13-22(27-29)17-3-2-16-11-19-6-7-20(12-18(16)10-17)24(19)14-26-32(30,31)28-24/h2-5,8-10,13,19-20,26,28H,6-7,11-12,14H2,1H3/t19-,20+,24+/m0/s1. The maximum absolute atomic E-state index is 13.3. The summed E-state index contributed by atoms with van der Waals surface area (Å²) in [6.45, 7) is 0.479. The first-order valence-electron chi connectivity index (χ1n) is 11.0. The van der Waals surface area contributed by atoms with Crippen LogP contribution < -0.4 is 9.44 Å². The Kier molecular flexibility index (Phi) is 4.38. The predicted molar refractivity (Wildman–Crippen MR) is 120 cm³/mol. The Balaban J connectivity index is 1.34. The van der Waals surface area contributed by atoms with Gasteiger partial charge in [-0.15, -0.1) is 0 Å². The summed E-state index contributed by atoms with van der Waals surface area (Å²) in [5.41, 5.74) is 5.99. The van der Waals surface area contributed by atoms with Gasteiger partial charge in [-0.3, -0.25) is 4.68 Å². The van der Waals surface area contributed by atoms with Crippen LogP contribution in [0.3, 0.4) is 0 Å². The second-order valence-electron chi connectivity index (χ2n) is 9.38. The van der Waals surface area contributed by atoms with Crippen LogP contribution >= 0.6 is 0 Å². The quantitative estimate of drug-likeness (QED) is 0.627. The van der Waals surface area contributed by atoms with Crippen LogP contribution in [0.15, 0.2) is 48.5 Å². The van der Waals surface area contributed by atoms with Gasteiger partial charge >= 0.3 is 0 Å². The second-order valence-corrected chi connectivity index (χ2v) is 10.9. The summed E-state index contributed by atoms with van der Waals surface area (Å²) >= 11 is 0. The van der Waals surface area contributed by atoms with Crippen molar-refractivity contribution >= 4 is 10.2 Å². The fraction of sp³-hybridized carbons (Fsp3) is 0.375. The van der Waals surface area contributed by atoms with Gasteiger partial charge in [0, 0.05) is 19.2 Å². The van der Waals surface area contributed by atoms with Crippen molar-refractivity contribution in [2.75, 3.05) is 6.54 Å². The molecule has 3 atom stereocenters. The first kappa shape index (κ1) is 20.1. The van der Waals surface area contributed by atoms with Crippen LogP contribution in [0.25, 0.3) is 22.5 Å². The Morgan fingerprint density at radius 2 is 1.69 bits per heavy atom. The summed E-state index contributed by atoms with van der Waals surface area (Å²) in [5.74, 6) is 0.338. The van der Waals surface area contributed by atoms with Crippen molar-refractivity contribution < 1.29 is 12.8 Å². The number of rotatable bonds is 2. The summed E-state index contributed by atoms with van der Waals surface area (Å²) in [6, 6.07) is 15.0. The summed E-state index contributed by atoms with van der Waals surface area (Å²) in [7, 11) is -1.51. The lowest BCUT2D eigenvalue weighted by atomic mass is 9.80. The predicted octanol–water partition coefficient (Wildman–Crippen LogP) is 3.19. The van der Waals surface area contributed by atoms with Crippen molar-refractivity contribution in [3.63, 3.8) is 0 Å². The molecule has 8 heteroatoms. The van der Waals surface area contributed by atoms with Crippen molar-refractivity contribution in [1.29, 1.82) is 0 Å². The highest BCUT2D eigenvalue weighted by atomic mass is 32.2. The van der Waals surface area contributed by atoms with Crippen molar-refractivity contribution in [2.24, 2.45) is 18.9 Å². The van der Waals surface area contributed by atoms with E-state index in [0.29, 0.717) is 12.5 Å². The maximum Gasteiger partial charge on any atom is 0.277 e. The molecule has 2 heterocycles. The highest BCUT2D eigenvalue weighted by molar-refractivity contribution is 7.87. The zero-order valence-corrected chi connectivity index (χ0v) is 18.6. The van der Waals surface area contributed by atoms with Crippen LogP contribution in [-0.4, -0.2) is 30.3 Å². The SMILES string of the molecule is Cn1nc(-c2ccc3c(c2)C[C@H]2CC[C@@H](C3)[C@]23CNS(=O)(=O)N3)cc1-c1ccc(F)cc1. The van der Waals surface area contributed by atoms with E-state index in [1.165, 1.54) is 23.3 Å². The normalized spacial score (nSPS) is 28.1. The summed E-state index contributed by atoms with van der Waals surface area (Å²) in [4.78, 5) is 0. The Bertz CT molecular complexity index is 1320. The van der Waals surface area contributed by atoms with Gasteiger partial charge in [0.05, 0.1) is 16.9 Å². The number of aryl methyl sites for hydroxylation is 1. The first-order valence-corrected chi connectivity index (χ1v) is 12.5. The van der Waals surface area contributed by atoms with Gasteiger partial charge in [0.2, 0.25) is 0 Å². The lowest BCUT2D eigenvalue weighted by Crippen LogP contribution is -2.52. The van der Waals surface area contributed by atoms with E-state index >= 15 is 0 Å². The number of nitrogens with one attached hydrogen (secondary N) is 2. The van der Waals surface area contributed by atoms with Gasteiger partial charge in [-0.2, -0.15) is 18.2 Å². The molecule has 1 aromatic heterocycles. The molecular weight excluding hydrogens is 427 g/mol. The van der Waals surface area contributed by atoms with E-state index in [4.69, 9.17) is 5.10 Å². The van der Waals surface area contributed by atoms with Crippen molar-refractivity contribution in [1.82, 2.24) is 19.2 Å². The number of aromatic nitrogens is 2. The number of benzene rings is 2. The van der Waals surface area contributed by atoms with Crippen LogP contribution in [-0.2, 0) is 30.1 Å². The largest absolute Gasteiger partial charge is 0.277 e. The number of hydrogen-bond acceptors (Lipinski definition) is 3. The van der Waals surface area contributed by atoms with E-state index in [2.05, 4.69) is 27.6 Å². The van der Waals surface area contributed by atoms with Crippen LogP contribution in [0.1, 0.15) is 24.0 Å². The molecule has 3 aromatic rings. The van der Waals surface area contributed by atoms with Gasteiger partial charge in [0.1, 0.15) is 5.82 Å². The molecule has 2 N–H and O–H groups in total. The van der Waals surface area contributed by atoms with Crippen LogP contribution in [0.2, 0.25) is 0 Å². The lowest BCUT2D eigenvalue weighted by Gasteiger charge is -2.33. The number of nitrogens with zero attached hydrogens (tertiary/aromatic N) is 2. The molecule has 3 aliphatic rings. The summed E-state index contributed by atoms with van der Waals surface area (Å²) < 4.78 is 45.2. The third-order valence-electron chi connectivity index (χ3n) is 7.65. The van der Waals surface area contributed by atoms with Gasteiger partial charge in [-0.25, -0.2) is 9.11 Å². The van der Waals surface area contributed by atoms with E-state index in [1.807, 2.05) is 17.8 Å². The van der Waals surface area contributed by atoms with E-state index in [-0.39, 0.29) is 17.3 Å². The zero-order chi connectivity index (χ0) is 22.1. The molecule has 6 nitrogen and oxygen atoms in total. The fourth-order valence-electron chi connectivity index (χ4n) is 6.02. The molecule has 1 aliphatic heterocycles. The van der Waals surface area contributed by atoms with Gasteiger partial charge in [-0.05, 0) is 90.6 Å². The van der Waals surface area contributed by atoms with Gasteiger partial charge < -0.3 is 0 Å². The van der Waals surface area contributed by atoms with Gasteiger partial charge in [0.15, 0.2) is 0 Å². The maximum atomic E-state index is 13.3. The Hall–Kier alpha value is -2.55. The second kappa shape index (κ2) is 6.97. The third kappa shape index (κ3) is 3.12. The van der Waals surface area contributed by atoms with E-state index < -0.39 is 10.2 Å². The van der Waals surface area contributed by atoms with Crippen molar-refractivity contribution in [2.45, 2.75) is 31.2 Å². The van der Waals surface area contributed by atoms with Crippen molar-refractivity contribution in [3.8, 4) is 22.5 Å². The molecule has 2 fully saturated rings. The van der Waals surface area contributed by atoms with Gasteiger partial charge in [0.25, 0.3) is 10.2 Å². The molecule has 166 valence electrons. The topological polar surface area (TPSA) is 76.0 Å². The third-order valence-corrected chi connectivity index (χ3v) is 8.83. The smallest absolute Gasteiger partial charge is 0.267 e. The molecule has 2 bridgehead atoms. The lowest BCUT2D eigenvalue weighted by molar-refractivity contribution is 0.245. The molecule has 0 amide bonds. The van der Waals surface area contributed by atoms with Crippen LogP contribution in [0, 0.1) is 17.7 Å². The Morgan fingerprint density at radius 1 is 1.00 bits per heavy atom. The van der Waals surface area contributed by atoms with E-state index in [1.54, 1.807) is 12.1 Å². The minimum atomic E-state index is -3.40. The van der Waals surface area contributed by atoms with Crippen LogP contribution in [0.4, 0.5) is 4.39 Å². The minimum absolute atomic E-state index is 0.256.